The Morgan fingerprint density at radius 2 is 1.39 bits per heavy atom. The average Bonchev–Trinajstić information content (AvgIpc) is 2.83. The van der Waals surface area contributed by atoms with E-state index in [9.17, 15) is 24.6 Å². The van der Waals surface area contributed by atoms with Crippen molar-refractivity contribution in [2.24, 2.45) is 0 Å². The van der Waals surface area contributed by atoms with E-state index in [0.717, 1.165) is 11.1 Å². The minimum Gasteiger partial charge on any atom is -0.480 e. The Labute approximate surface area is 192 Å². The second-order valence-electron chi connectivity index (χ2n) is 7.70. The van der Waals surface area contributed by atoms with Gasteiger partial charge in [-0.15, -0.1) is 0 Å². The molecule has 33 heavy (non-hydrogen) atoms. The Kier molecular flexibility index (Phi) is 7.94. The molecule has 0 aliphatic rings. The van der Waals surface area contributed by atoms with Gasteiger partial charge in [0.1, 0.15) is 6.04 Å². The van der Waals surface area contributed by atoms with Gasteiger partial charge < -0.3 is 20.8 Å². The monoisotopic (exact) mass is 446 g/mol. The Hall–Kier alpha value is -3.97. The number of carbonyl (C=O) groups excluding carboxylic acids is 2. The summed E-state index contributed by atoms with van der Waals surface area (Å²) in [5.41, 5.74) is 2.55. The molecule has 3 aromatic carbocycles. The number of rotatable bonds is 9. The standard InChI is InChI=1S/C26H26N2O5/c1-17-10-8-9-15-20(17)16-21(26(32)33)27-25(31)23(29)22(18-11-4-2-5-12-18)28-24(30)19-13-6-3-7-14-19/h2-15,21-23,29H,16H2,1H3,(H,27,31)(H,28,30)(H,32,33)/t21-,22+,23-/m1/s1. The van der Waals surface area contributed by atoms with E-state index in [1.807, 2.05) is 19.1 Å². The van der Waals surface area contributed by atoms with Crippen LogP contribution in [0.15, 0.2) is 84.9 Å². The molecule has 7 heteroatoms. The zero-order valence-corrected chi connectivity index (χ0v) is 18.1. The maximum Gasteiger partial charge on any atom is 0.326 e. The number of amides is 2. The minimum atomic E-state index is -1.71. The van der Waals surface area contributed by atoms with Crippen molar-refractivity contribution in [3.63, 3.8) is 0 Å². The van der Waals surface area contributed by atoms with E-state index < -0.39 is 36.0 Å². The van der Waals surface area contributed by atoms with Crippen LogP contribution in [0.5, 0.6) is 0 Å². The van der Waals surface area contributed by atoms with Gasteiger partial charge in [-0.1, -0.05) is 72.8 Å². The van der Waals surface area contributed by atoms with Gasteiger partial charge in [0.25, 0.3) is 11.8 Å². The zero-order chi connectivity index (χ0) is 23.8. The van der Waals surface area contributed by atoms with Crippen molar-refractivity contribution in [1.82, 2.24) is 10.6 Å². The third-order valence-corrected chi connectivity index (χ3v) is 5.37. The highest BCUT2D eigenvalue weighted by Gasteiger charge is 2.32. The van der Waals surface area contributed by atoms with Crippen LogP contribution in [0, 0.1) is 6.92 Å². The van der Waals surface area contributed by atoms with Gasteiger partial charge in [0, 0.05) is 12.0 Å². The number of nitrogens with one attached hydrogen (secondary N) is 2. The van der Waals surface area contributed by atoms with Crippen molar-refractivity contribution in [2.75, 3.05) is 0 Å². The molecule has 3 rings (SSSR count). The lowest BCUT2D eigenvalue weighted by Gasteiger charge is -2.25. The predicted octanol–water partition coefficient (Wildman–Crippen LogP) is 2.64. The molecule has 0 radical (unpaired) electrons. The molecule has 170 valence electrons. The lowest BCUT2D eigenvalue weighted by molar-refractivity contribution is -0.143. The van der Waals surface area contributed by atoms with Gasteiger partial charge in [0.2, 0.25) is 0 Å². The molecule has 0 bridgehead atoms. The molecule has 0 spiro atoms. The second kappa shape index (κ2) is 11.1. The summed E-state index contributed by atoms with van der Waals surface area (Å²) in [4.78, 5) is 37.4. The molecular weight excluding hydrogens is 420 g/mol. The normalized spacial score (nSPS) is 13.4. The van der Waals surface area contributed by atoms with Crippen molar-refractivity contribution < 1.29 is 24.6 Å². The minimum absolute atomic E-state index is 0.0623. The molecule has 7 nitrogen and oxygen atoms in total. The second-order valence-corrected chi connectivity index (χ2v) is 7.70. The molecule has 0 unspecified atom stereocenters. The summed E-state index contributed by atoms with van der Waals surface area (Å²) in [6, 6.07) is 22.0. The predicted molar refractivity (Wildman–Crippen MR) is 124 cm³/mol. The number of aliphatic carboxylic acids is 1. The molecule has 4 N–H and O–H groups in total. The maximum atomic E-state index is 12.9. The number of aryl methyl sites for hydroxylation is 1. The molecule has 0 aromatic heterocycles. The van der Waals surface area contributed by atoms with E-state index in [4.69, 9.17) is 0 Å². The van der Waals surface area contributed by atoms with E-state index >= 15 is 0 Å². The Morgan fingerprint density at radius 3 is 2.00 bits per heavy atom. The third kappa shape index (κ3) is 6.27. The zero-order valence-electron chi connectivity index (χ0n) is 18.1. The van der Waals surface area contributed by atoms with Crippen molar-refractivity contribution in [1.29, 1.82) is 0 Å². The average molecular weight is 447 g/mol. The molecule has 2 amide bonds. The van der Waals surface area contributed by atoms with Gasteiger partial charge in [-0.3, -0.25) is 9.59 Å². The summed E-state index contributed by atoms with van der Waals surface area (Å²) in [5, 5.41) is 25.6. The van der Waals surface area contributed by atoms with Crippen LogP contribution in [0.1, 0.15) is 33.1 Å². The van der Waals surface area contributed by atoms with Gasteiger partial charge in [-0.2, -0.15) is 0 Å². The number of carboxylic acid groups (broad SMARTS) is 1. The van der Waals surface area contributed by atoms with Crippen LogP contribution in [0.2, 0.25) is 0 Å². The first-order valence-electron chi connectivity index (χ1n) is 10.5. The Morgan fingerprint density at radius 1 is 0.818 bits per heavy atom. The fraction of sp³-hybridized carbons (Fsp3) is 0.192. The molecule has 0 saturated heterocycles. The number of benzene rings is 3. The molecule has 0 fully saturated rings. The smallest absolute Gasteiger partial charge is 0.326 e. The fourth-order valence-electron chi connectivity index (χ4n) is 3.49. The van der Waals surface area contributed by atoms with Gasteiger partial charge in [0.15, 0.2) is 6.10 Å². The highest BCUT2D eigenvalue weighted by Crippen LogP contribution is 2.19. The first kappa shape index (κ1) is 23.7. The molecule has 0 heterocycles. The summed E-state index contributed by atoms with van der Waals surface area (Å²) in [6.07, 6.45) is -1.65. The van der Waals surface area contributed by atoms with E-state index in [1.54, 1.807) is 72.8 Å². The maximum absolute atomic E-state index is 12.9. The number of aliphatic hydroxyl groups is 1. The van der Waals surface area contributed by atoms with Crippen LogP contribution >= 0.6 is 0 Å². The summed E-state index contributed by atoms with van der Waals surface area (Å²) >= 11 is 0. The summed E-state index contributed by atoms with van der Waals surface area (Å²) in [6.45, 7) is 1.86. The van der Waals surface area contributed by atoms with E-state index in [0.29, 0.717) is 11.1 Å². The topological polar surface area (TPSA) is 116 Å². The SMILES string of the molecule is Cc1ccccc1C[C@@H](NC(=O)[C@H](O)[C@@H](NC(=O)c1ccccc1)c1ccccc1)C(=O)O. The highest BCUT2D eigenvalue weighted by atomic mass is 16.4. The lowest BCUT2D eigenvalue weighted by Crippen LogP contribution is -2.50. The highest BCUT2D eigenvalue weighted by molar-refractivity contribution is 5.95. The van der Waals surface area contributed by atoms with Gasteiger partial charge in [-0.05, 0) is 35.7 Å². The largest absolute Gasteiger partial charge is 0.480 e. The number of aliphatic hydroxyl groups excluding tert-OH is 1. The summed E-state index contributed by atoms with van der Waals surface area (Å²) < 4.78 is 0. The van der Waals surface area contributed by atoms with E-state index in [1.165, 1.54) is 0 Å². The van der Waals surface area contributed by atoms with Crippen molar-refractivity contribution >= 4 is 17.8 Å². The first-order valence-corrected chi connectivity index (χ1v) is 10.5. The van der Waals surface area contributed by atoms with Crippen LogP contribution in [0.4, 0.5) is 0 Å². The first-order chi connectivity index (χ1) is 15.9. The van der Waals surface area contributed by atoms with Crippen LogP contribution < -0.4 is 10.6 Å². The number of hydrogen-bond acceptors (Lipinski definition) is 4. The molecule has 0 saturated carbocycles. The van der Waals surface area contributed by atoms with Crippen LogP contribution in [0.3, 0.4) is 0 Å². The lowest BCUT2D eigenvalue weighted by atomic mass is 9.98. The fourth-order valence-corrected chi connectivity index (χ4v) is 3.49. The van der Waals surface area contributed by atoms with Gasteiger partial charge >= 0.3 is 5.97 Å². The van der Waals surface area contributed by atoms with Crippen molar-refractivity contribution in [3.05, 3.63) is 107 Å². The Bertz CT molecular complexity index is 1100. The van der Waals surface area contributed by atoms with E-state index in [2.05, 4.69) is 10.6 Å². The van der Waals surface area contributed by atoms with Crippen LogP contribution in [-0.2, 0) is 16.0 Å². The molecule has 3 aromatic rings. The number of hydrogen-bond donors (Lipinski definition) is 4. The third-order valence-electron chi connectivity index (χ3n) is 5.37. The quantitative estimate of drug-likeness (QED) is 0.403. The van der Waals surface area contributed by atoms with Crippen LogP contribution in [0.25, 0.3) is 0 Å². The summed E-state index contributed by atoms with van der Waals surface area (Å²) in [5.74, 6) is -2.58. The summed E-state index contributed by atoms with van der Waals surface area (Å²) in [7, 11) is 0. The van der Waals surface area contributed by atoms with Crippen molar-refractivity contribution in [2.45, 2.75) is 31.5 Å². The molecule has 3 atom stereocenters. The van der Waals surface area contributed by atoms with Gasteiger partial charge in [0.05, 0.1) is 6.04 Å². The van der Waals surface area contributed by atoms with Gasteiger partial charge in [-0.25, -0.2) is 4.79 Å². The molecular formula is C26H26N2O5. The Balaban J connectivity index is 1.79. The van der Waals surface area contributed by atoms with Crippen LogP contribution in [-0.4, -0.2) is 40.1 Å². The molecule has 0 aliphatic carbocycles. The van der Waals surface area contributed by atoms with E-state index in [-0.39, 0.29) is 6.42 Å². The van der Waals surface area contributed by atoms with Crippen molar-refractivity contribution in [3.8, 4) is 0 Å². The molecule has 0 aliphatic heterocycles. The number of carbonyl (C=O) groups is 3. The number of carboxylic acids is 1.